The van der Waals surface area contributed by atoms with Crippen LogP contribution in [0.25, 0.3) is 0 Å². The van der Waals surface area contributed by atoms with E-state index < -0.39 is 6.09 Å². The minimum Gasteiger partial charge on any atom is -0.378 e. The molecule has 0 atom stereocenters. The first-order chi connectivity index (χ1) is 8.00. The number of amides is 1. The van der Waals surface area contributed by atoms with Crippen LogP contribution < -0.4 is 4.90 Å². The summed E-state index contributed by atoms with van der Waals surface area (Å²) in [6.45, 7) is 0. The van der Waals surface area contributed by atoms with Gasteiger partial charge < -0.3 is 9.80 Å². The van der Waals surface area contributed by atoms with Crippen LogP contribution in [0, 0.1) is 0 Å². The molecule has 0 saturated carbocycles. The maximum Gasteiger partial charge on any atom is 0.435 e. The van der Waals surface area contributed by atoms with Crippen molar-refractivity contribution in [3.63, 3.8) is 0 Å². The van der Waals surface area contributed by atoms with Gasteiger partial charge in [-0.1, -0.05) is 17.3 Å². The van der Waals surface area contributed by atoms with E-state index in [2.05, 4.69) is 9.99 Å². The molecule has 1 amide bonds. The highest BCUT2D eigenvalue weighted by molar-refractivity contribution is 5.80. The molecule has 0 aliphatic carbocycles. The van der Waals surface area contributed by atoms with Gasteiger partial charge in [-0.2, -0.15) is 0 Å². The van der Waals surface area contributed by atoms with Gasteiger partial charge in [0.25, 0.3) is 0 Å². The average molecular weight is 235 g/mol. The number of carbonyl (C=O) groups excluding carboxylic acids is 1. The van der Waals surface area contributed by atoms with Gasteiger partial charge >= 0.3 is 6.09 Å². The monoisotopic (exact) mass is 235 g/mol. The number of hydrogen-bond donors (Lipinski definition) is 0. The molecule has 5 nitrogen and oxygen atoms in total. The van der Waals surface area contributed by atoms with Crippen LogP contribution in [0.4, 0.5) is 10.5 Å². The lowest BCUT2D eigenvalue weighted by atomic mass is 10.2. The topological polar surface area (TPSA) is 45.1 Å². The molecule has 0 radical (unpaired) electrons. The average Bonchev–Trinajstić information content (AvgIpc) is 2.29. The van der Waals surface area contributed by atoms with E-state index in [1.807, 2.05) is 43.3 Å². The fourth-order valence-corrected chi connectivity index (χ4v) is 1.07. The van der Waals surface area contributed by atoms with Crippen molar-refractivity contribution < 1.29 is 9.63 Å². The van der Waals surface area contributed by atoms with Gasteiger partial charge in [0, 0.05) is 33.9 Å². The van der Waals surface area contributed by atoms with Gasteiger partial charge in [0.15, 0.2) is 0 Å². The Morgan fingerprint density at radius 3 is 2.24 bits per heavy atom. The summed E-state index contributed by atoms with van der Waals surface area (Å²) in [5.41, 5.74) is 1.98. The van der Waals surface area contributed by atoms with Crippen molar-refractivity contribution in [2.75, 3.05) is 33.1 Å². The fraction of sp³-hybridized carbons (Fsp3) is 0.333. The zero-order chi connectivity index (χ0) is 12.8. The SMILES string of the molecule is CN(C)C(=O)ON=Cc1ccc(N(C)C)cc1. The molecule has 0 aliphatic heterocycles. The highest BCUT2D eigenvalue weighted by Crippen LogP contribution is 2.10. The van der Waals surface area contributed by atoms with Crippen LogP contribution in [0.15, 0.2) is 29.4 Å². The summed E-state index contributed by atoms with van der Waals surface area (Å²) >= 11 is 0. The first-order valence-corrected chi connectivity index (χ1v) is 5.20. The molecule has 0 bridgehead atoms. The zero-order valence-corrected chi connectivity index (χ0v) is 10.5. The predicted molar refractivity (Wildman–Crippen MR) is 68.5 cm³/mol. The number of nitrogens with zero attached hydrogens (tertiary/aromatic N) is 3. The standard InChI is InChI=1S/C12H17N3O2/c1-14(2)11-7-5-10(6-8-11)9-13-17-12(16)15(3)4/h5-9H,1-4H3. The summed E-state index contributed by atoms with van der Waals surface area (Å²) in [5.74, 6) is 0. The number of rotatable bonds is 3. The second kappa shape index (κ2) is 5.89. The molecule has 0 spiro atoms. The third-order valence-electron chi connectivity index (χ3n) is 2.11. The van der Waals surface area contributed by atoms with Crippen molar-refractivity contribution in [3.8, 4) is 0 Å². The van der Waals surface area contributed by atoms with E-state index in [1.54, 1.807) is 14.1 Å². The Labute approximate surface area is 101 Å². The van der Waals surface area contributed by atoms with E-state index in [9.17, 15) is 4.79 Å². The maximum atomic E-state index is 11.1. The van der Waals surface area contributed by atoms with Gasteiger partial charge in [-0.25, -0.2) is 4.79 Å². The maximum absolute atomic E-state index is 11.1. The summed E-state index contributed by atoms with van der Waals surface area (Å²) in [6, 6.07) is 7.74. The van der Waals surface area contributed by atoms with E-state index in [0.717, 1.165) is 11.3 Å². The van der Waals surface area contributed by atoms with E-state index >= 15 is 0 Å². The summed E-state index contributed by atoms with van der Waals surface area (Å²) < 4.78 is 0. The van der Waals surface area contributed by atoms with Crippen LogP contribution >= 0.6 is 0 Å². The molecular formula is C12H17N3O2. The number of carbonyl (C=O) groups is 1. The smallest absolute Gasteiger partial charge is 0.378 e. The number of oxime groups is 1. The first-order valence-electron chi connectivity index (χ1n) is 5.20. The molecular weight excluding hydrogens is 218 g/mol. The molecule has 0 fully saturated rings. The van der Waals surface area contributed by atoms with Crippen LogP contribution in [-0.4, -0.2) is 45.4 Å². The van der Waals surface area contributed by atoms with Gasteiger partial charge in [0.05, 0.1) is 6.21 Å². The molecule has 0 unspecified atom stereocenters. The fourth-order valence-electron chi connectivity index (χ4n) is 1.07. The van der Waals surface area contributed by atoms with Crippen LogP contribution in [0.1, 0.15) is 5.56 Å². The van der Waals surface area contributed by atoms with Crippen molar-refractivity contribution in [3.05, 3.63) is 29.8 Å². The lowest BCUT2D eigenvalue weighted by molar-refractivity contribution is 0.123. The highest BCUT2D eigenvalue weighted by Gasteiger charge is 2.02. The van der Waals surface area contributed by atoms with E-state index in [4.69, 9.17) is 0 Å². The van der Waals surface area contributed by atoms with Gasteiger partial charge in [0.2, 0.25) is 0 Å². The third kappa shape index (κ3) is 4.14. The number of anilines is 1. The van der Waals surface area contributed by atoms with Crippen molar-refractivity contribution >= 4 is 18.0 Å². The Bertz CT molecular complexity index is 397. The molecule has 1 rings (SSSR count). The van der Waals surface area contributed by atoms with Gasteiger partial charge in [-0.05, 0) is 17.7 Å². The Morgan fingerprint density at radius 1 is 1.18 bits per heavy atom. The Kier molecular flexibility index (Phi) is 4.51. The van der Waals surface area contributed by atoms with Crippen molar-refractivity contribution in [2.24, 2.45) is 5.16 Å². The third-order valence-corrected chi connectivity index (χ3v) is 2.11. The Balaban J connectivity index is 2.57. The van der Waals surface area contributed by atoms with Crippen molar-refractivity contribution in [1.82, 2.24) is 4.90 Å². The lowest BCUT2D eigenvalue weighted by Crippen LogP contribution is -2.20. The number of hydrogen-bond acceptors (Lipinski definition) is 4. The molecule has 0 saturated heterocycles. The molecule has 1 aromatic rings. The van der Waals surface area contributed by atoms with E-state index in [1.165, 1.54) is 11.1 Å². The molecule has 92 valence electrons. The molecule has 1 aromatic carbocycles. The second-order valence-electron chi connectivity index (χ2n) is 3.97. The molecule has 0 N–H and O–H groups in total. The summed E-state index contributed by atoms with van der Waals surface area (Å²) in [5, 5.41) is 3.61. The van der Waals surface area contributed by atoms with Crippen LogP contribution in [0.2, 0.25) is 0 Å². The van der Waals surface area contributed by atoms with Gasteiger partial charge in [0.1, 0.15) is 0 Å². The van der Waals surface area contributed by atoms with E-state index in [0.29, 0.717) is 0 Å². The van der Waals surface area contributed by atoms with Crippen molar-refractivity contribution in [2.45, 2.75) is 0 Å². The van der Waals surface area contributed by atoms with Crippen LogP contribution in [0.5, 0.6) is 0 Å². The molecule has 17 heavy (non-hydrogen) atoms. The molecule has 0 aliphatic rings. The Morgan fingerprint density at radius 2 is 1.76 bits per heavy atom. The predicted octanol–water partition coefficient (Wildman–Crippen LogP) is 1.78. The van der Waals surface area contributed by atoms with E-state index in [-0.39, 0.29) is 0 Å². The largest absolute Gasteiger partial charge is 0.435 e. The van der Waals surface area contributed by atoms with Crippen LogP contribution in [-0.2, 0) is 4.84 Å². The minimum atomic E-state index is -0.494. The lowest BCUT2D eigenvalue weighted by Gasteiger charge is -2.11. The quantitative estimate of drug-likeness (QED) is 0.456. The summed E-state index contributed by atoms with van der Waals surface area (Å²) in [6.07, 6.45) is 1.01. The first kappa shape index (κ1) is 13.0. The highest BCUT2D eigenvalue weighted by atomic mass is 16.7. The molecule has 5 heteroatoms. The summed E-state index contributed by atoms with van der Waals surface area (Å²) in [7, 11) is 7.15. The van der Waals surface area contributed by atoms with Gasteiger partial charge in [-0.3, -0.25) is 4.84 Å². The zero-order valence-electron chi connectivity index (χ0n) is 10.5. The van der Waals surface area contributed by atoms with Crippen molar-refractivity contribution in [1.29, 1.82) is 0 Å². The normalized spacial score (nSPS) is 10.4. The van der Waals surface area contributed by atoms with Gasteiger partial charge in [-0.15, -0.1) is 0 Å². The molecule has 0 heterocycles. The van der Waals surface area contributed by atoms with Crippen LogP contribution in [0.3, 0.4) is 0 Å². The molecule has 0 aromatic heterocycles. The Hall–Kier alpha value is -2.04. The number of benzene rings is 1. The second-order valence-corrected chi connectivity index (χ2v) is 3.97. The minimum absolute atomic E-state index is 0.494. The summed E-state index contributed by atoms with van der Waals surface area (Å²) in [4.78, 5) is 19.0.